The standard InChI is InChI=1S/C14H17FN2O7/c1-7(18)16-8-4-9(11(15)5-8)10(6-17(21)22)12(13(19)23-2)14(20)24-3/h4-5,9-10,12H,6H2,1-3H3,(H,16,18). The van der Waals surface area contributed by atoms with Gasteiger partial charge in [0.15, 0.2) is 5.92 Å². The van der Waals surface area contributed by atoms with Gasteiger partial charge in [-0.2, -0.15) is 0 Å². The second kappa shape index (κ2) is 8.18. The summed E-state index contributed by atoms with van der Waals surface area (Å²) < 4.78 is 23.2. The summed E-state index contributed by atoms with van der Waals surface area (Å²) in [7, 11) is 2.00. The lowest BCUT2D eigenvalue weighted by Gasteiger charge is -2.24. The van der Waals surface area contributed by atoms with E-state index in [2.05, 4.69) is 14.8 Å². The fraction of sp³-hybridized carbons (Fsp3) is 0.500. The molecule has 0 heterocycles. The average Bonchev–Trinajstić information content (AvgIpc) is 2.84. The Morgan fingerprint density at radius 3 is 2.29 bits per heavy atom. The third kappa shape index (κ3) is 4.61. The van der Waals surface area contributed by atoms with Gasteiger partial charge in [-0.3, -0.25) is 24.5 Å². The number of hydrogen-bond acceptors (Lipinski definition) is 7. The van der Waals surface area contributed by atoms with Crippen molar-refractivity contribution in [3.8, 4) is 0 Å². The van der Waals surface area contributed by atoms with Crippen LogP contribution in [0.15, 0.2) is 23.7 Å². The van der Waals surface area contributed by atoms with E-state index in [-0.39, 0.29) is 5.70 Å². The molecule has 0 radical (unpaired) electrons. The van der Waals surface area contributed by atoms with Crippen molar-refractivity contribution in [1.29, 1.82) is 0 Å². The number of nitrogens with zero attached hydrogens (tertiary/aromatic N) is 1. The lowest BCUT2D eigenvalue weighted by atomic mass is 9.81. The summed E-state index contributed by atoms with van der Waals surface area (Å²) in [6.45, 7) is 0.338. The van der Waals surface area contributed by atoms with Gasteiger partial charge in [-0.1, -0.05) is 6.08 Å². The van der Waals surface area contributed by atoms with E-state index in [4.69, 9.17) is 0 Å². The number of nitrogens with one attached hydrogen (secondary N) is 1. The van der Waals surface area contributed by atoms with Crippen LogP contribution in [0.2, 0.25) is 0 Å². The minimum Gasteiger partial charge on any atom is -0.468 e. The molecule has 132 valence electrons. The summed E-state index contributed by atoms with van der Waals surface area (Å²) in [5, 5.41) is 13.3. The van der Waals surface area contributed by atoms with Gasteiger partial charge in [0.25, 0.3) is 0 Å². The van der Waals surface area contributed by atoms with Crippen LogP contribution in [0, 0.1) is 27.9 Å². The number of halogens is 1. The highest BCUT2D eigenvalue weighted by atomic mass is 19.1. The molecule has 0 aliphatic heterocycles. The lowest BCUT2D eigenvalue weighted by Crippen LogP contribution is -2.40. The van der Waals surface area contributed by atoms with E-state index in [1.165, 1.54) is 13.0 Å². The number of hydrogen-bond donors (Lipinski definition) is 1. The summed E-state index contributed by atoms with van der Waals surface area (Å²) >= 11 is 0. The van der Waals surface area contributed by atoms with Crippen molar-refractivity contribution in [3.63, 3.8) is 0 Å². The van der Waals surface area contributed by atoms with E-state index in [9.17, 15) is 28.9 Å². The first kappa shape index (κ1) is 19.3. The summed E-state index contributed by atoms with van der Waals surface area (Å²) in [6.07, 6.45) is 2.19. The Morgan fingerprint density at radius 2 is 1.88 bits per heavy atom. The number of allylic oxidation sites excluding steroid dienone is 3. The molecule has 9 nitrogen and oxygen atoms in total. The number of nitro groups is 1. The Bertz CT molecular complexity index is 598. The summed E-state index contributed by atoms with van der Waals surface area (Å²) in [4.78, 5) is 45.0. The van der Waals surface area contributed by atoms with Crippen LogP contribution in [0.4, 0.5) is 4.39 Å². The number of methoxy groups -OCH3 is 2. The van der Waals surface area contributed by atoms with Crippen molar-refractivity contribution in [1.82, 2.24) is 5.32 Å². The molecular weight excluding hydrogens is 327 g/mol. The second-order valence-electron chi connectivity index (χ2n) is 5.06. The number of amides is 1. The number of carbonyl (C=O) groups excluding carboxylic acids is 3. The van der Waals surface area contributed by atoms with Gasteiger partial charge in [-0.05, 0) is 6.08 Å². The van der Waals surface area contributed by atoms with Gasteiger partial charge in [0.05, 0.1) is 20.1 Å². The van der Waals surface area contributed by atoms with Gasteiger partial charge in [0.2, 0.25) is 12.5 Å². The Morgan fingerprint density at radius 1 is 1.33 bits per heavy atom. The van der Waals surface area contributed by atoms with Crippen molar-refractivity contribution in [2.45, 2.75) is 6.92 Å². The molecule has 0 saturated carbocycles. The molecule has 0 spiro atoms. The molecule has 0 bridgehead atoms. The fourth-order valence-corrected chi connectivity index (χ4v) is 2.47. The predicted octanol–water partition coefficient (Wildman–Crippen LogP) is 0.345. The molecule has 0 aromatic rings. The quantitative estimate of drug-likeness (QED) is 0.306. The molecule has 1 rings (SSSR count). The number of carbonyl (C=O) groups is 3. The second-order valence-corrected chi connectivity index (χ2v) is 5.06. The van der Waals surface area contributed by atoms with E-state index < -0.39 is 52.9 Å². The highest BCUT2D eigenvalue weighted by molar-refractivity contribution is 5.95. The molecule has 1 N–H and O–H groups in total. The van der Waals surface area contributed by atoms with Crippen molar-refractivity contribution >= 4 is 17.8 Å². The van der Waals surface area contributed by atoms with E-state index in [1.807, 2.05) is 0 Å². The maximum Gasteiger partial charge on any atom is 0.320 e. The number of rotatable bonds is 7. The van der Waals surface area contributed by atoms with E-state index in [1.54, 1.807) is 0 Å². The number of ether oxygens (including phenoxy) is 2. The summed E-state index contributed by atoms with van der Waals surface area (Å²) in [5.74, 6) is -7.71. The summed E-state index contributed by atoms with van der Waals surface area (Å²) in [5.41, 5.74) is 0.0897. The average molecular weight is 344 g/mol. The van der Waals surface area contributed by atoms with Gasteiger partial charge >= 0.3 is 11.9 Å². The van der Waals surface area contributed by atoms with Crippen LogP contribution in [0.1, 0.15) is 6.92 Å². The molecule has 10 heteroatoms. The smallest absolute Gasteiger partial charge is 0.320 e. The molecule has 24 heavy (non-hydrogen) atoms. The maximum absolute atomic E-state index is 14.2. The highest BCUT2D eigenvalue weighted by Crippen LogP contribution is 2.36. The maximum atomic E-state index is 14.2. The van der Waals surface area contributed by atoms with Crippen molar-refractivity contribution in [2.75, 3.05) is 20.8 Å². The van der Waals surface area contributed by atoms with Crippen LogP contribution in [0.3, 0.4) is 0 Å². The zero-order valence-corrected chi connectivity index (χ0v) is 13.3. The largest absolute Gasteiger partial charge is 0.468 e. The van der Waals surface area contributed by atoms with Gasteiger partial charge in [0, 0.05) is 23.5 Å². The number of esters is 2. The van der Waals surface area contributed by atoms with E-state index >= 15 is 0 Å². The van der Waals surface area contributed by atoms with Crippen LogP contribution in [-0.2, 0) is 23.9 Å². The van der Waals surface area contributed by atoms with Gasteiger partial charge in [0.1, 0.15) is 5.83 Å². The first-order valence-electron chi connectivity index (χ1n) is 6.85. The lowest BCUT2D eigenvalue weighted by molar-refractivity contribution is -0.490. The van der Waals surface area contributed by atoms with Gasteiger partial charge in [-0.15, -0.1) is 0 Å². The first-order valence-corrected chi connectivity index (χ1v) is 6.85. The van der Waals surface area contributed by atoms with Crippen LogP contribution < -0.4 is 5.32 Å². The minimum atomic E-state index is -1.68. The first-order chi connectivity index (χ1) is 11.2. The highest BCUT2D eigenvalue weighted by Gasteiger charge is 2.46. The molecule has 1 amide bonds. The molecule has 1 aliphatic rings. The van der Waals surface area contributed by atoms with Gasteiger partial charge < -0.3 is 14.8 Å². The third-order valence-corrected chi connectivity index (χ3v) is 3.45. The Balaban J connectivity index is 3.25. The Labute approximate surface area is 136 Å². The molecular formula is C14H17FN2O7. The van der Waals surface area contributed by atoms with Crippen LogP contribution >= 0.6 is 0 Å². The SMILES string of the molecule is COC(=O)C(C(=O)OC)C(C[N+](=O)[O-])C1C=C(NC(C)=O)C=C1F. The molecule has 2 unspecified atom stereocenters. The normalized spacial score (nSPS) is 17.6. The van der Waals surface area contributed by atoms with Crippen molar-refractivity contribution in [3.05, 3.63) is 33.8 Å². The Kier molecular flexibility index (Phi) is 6.57. The van der Waals surface area contributed by atoms with Crippen molar-refractivity contribution < 1.29 is 33.2 Å². The minimum absolute atomic E-state index is 0.0897. The zero-order valence-electron chi connectivity index (χ0n) is 13.3. The van der Waals surface area contributed by atoms with Crippen molar-refractivity contribution in [2.24, 2.45) is 17.8 Å². The van der Waals surface area contributed by atoms with Crippen LogP contribution in [-0.4, -0.2) is 43.5 Å². The molecule has 0 aromatic carbocycles. The zero-order chi connectivity index (χ0) is 18.4. The molecule has 0 saturated heterocycles. The fourth-order valence-electron chi connectivity index (χ4n) is 2.47. The Hall–Kier alpha value is -2.78. The van der Waals surface area contributed by atoms with Crippen LogP contribution in [0.25, 0.3) is 0 Å². The van der Waals surface area contributed by atoms with E-state index in [0.29, 0.717) is 0 Å². The van der Waals surface area contributed by atoms with Crippen LogP contribution in [0.5, 0.6) is 0 Å². The molecule has 0 fully saturated rings. The summed E-state index contributed by atoms with van der Waals surface area (Å²) in [6, 6.07) is 0. The monoisotopic (exact) mass is 344 g/mol. The predicted molar refractivity (Wildman–Crippen MR) is 77.5 cm³/mol. The van der Waals surface area contributed by atoms with Gasteiger partial charge in [-0.25, -0.2) is 4.39 Å². The van der Waals surface area contributed by atoms with E-state index in [0.717, 1.165) is 20.3 Å². The molecule has 1 aliphatic carbocycles. The topological polar surface area (TPSA) is 125 Å². The molecule has 2 atom stereocenters. The third-order valence-electron chi connectivity index (χ3n) is 3.45. The molecule has 0 aromatic heterocycles.